The summed E-state index contributed by atoms with van der Waals surface area (Å²) in [6.45, 7) is 12.3. The molecular formula is C46H60O6. The quantitative estimate of drug-likeness (QED) is 0.0650. The molecule has 6 nitrogen and oxygen atoms in total. The third-order valence-corrected chi connectivity index (χ3v) is 9.69. The van der Waals surface area contributed by atoms with Gasteiger partial charge in [0.1, 0.15) is 0 Å². The highest BCUT2D eigenvalue weighted by Gasteiger charge is 2.23. The Kier molecular flexibility index (Phi) is 18.2. The van der Waals surface area contributed by atoms with E-state index in [9.17, 15) is 19.8 Å². The van der Waals surface area contributed by atoms with Crippen molar-refractivity contribution in [2.45, 2.75) is 105 Å². The zero-order chi connectivity index (χ0) is 37.9. The van der Waals surface area contributed by atoms with Crippen molar-refractivity contribution in [3.05, 3.63) is 125 Å². The maximum absolute atomic E-state index is 12.9. The fourth-order valence-corrected chi connectivity index (χ4v) is 6.36. The number of Topliss-reactive ketones (excluding diaryl/α,β-unsaturated/α-hetero) is 1. The lowest BCUT2D eigenvalue weighted by atomic mass is 9.91. The smallest absolute Gasteiger partial charge is 0.201 e. The van der Waals surface area contributed by atoms with Crippen LogP contribution in [0.4, 0.5) is 0 Å². The topological polar surface area (TPSA) is 104 Å². The van der Waals surface area contributed by atoms with Crippen LogP contribution in [-0.4, -0.2) is 39.6 Å². The summed E-state index contributed by atoms with van der Waals surface area (Å²) in [5, 5.41) is 28.1. The van der Waals surface area contributed by atoms with Crippen LogP contribution < -0.4 is 0 Å². The van der Waals surface area contributed by atoms with E-state index in [0.717, 1.165) is 47.8 Å². The summed E-state index contributed by atoms with van der Waals surface area (Å²) in [4.78, 5) is 24.9. The molecule has 1 aliphatic carbocycles. The van der Waals surface area contributed by atoms with Crippen LogP contribution in [0.15, 0.2) is 108 Å². The van der Waals surface area contributed by atoms with Crippen molar-refractivity contribution in [3.8, 4) is 17.2 Å². The number of phenolic OH excluding ortho intramolecular Hbond substituents is 3. The van der Waals surface area contributed by atoms with Crippen LogP contribution in [0.3, 0.4) is 0 Å². The molecule has 3 N–H and O–H groups in total. The Morgan fingerprint density at radius 2 is 1.29 bits per heavy atom. The summed E-state index contributed by atoms with van der Waals surface area (Å²) < 4.78 is 6.14. The summed E-state index contributed by atoms with van der Waals surface area (Å²) in [6, 6.07) is 20.3. The van der Waals surface area contributed by atoms with Crippen molar-refractivity contribution < 1.29 is 29.6 Å². The summed E-state index contributed by atoms with van der Waals surface area (Å²) in [5.41, 5.74) is 3.22. The number of phenols is 3. The van der Waals surface area contributed by atoms with E-state index in [-0.39, 0.29) is 17.5 Å². The molecule has 0 aromatic heterocycles. The maximum atomic E-state index is 12.9. The van der Waals surface area contributed by atoms with Gasteiger partial charge in [0.2, 0.25) is 5.75 Å². The number of ether oxygens (including phenoxy) is 1. The zero-order valence-electron chi connectivity index (χ0n) is 31.9. The summed E-state index contributed by atoms with van der Waals surface area (Å²) >= 11 is 0. The lowest BCUT2D eigenvalue weighted by Gasteiger charge is -2.21. The van der Waals surface area contributed by atoms with E-state index in [2.05, 4.69) is 46.8 Å². The Morgan fingerprint density at radius 1 is 0.731 bits per heavy atom. The monoisotopic (exact) mass is 708 g/mol. The van der Waals surface area contributed by atoms with Crippen molar-refractivity contribution >= 4 is 11.6 Å². The average Bonchev–Trinajstić information content (AvgIpc) is 3.14. The number of rotatable bonds is 19. The molecule has 0 radical (unpaired) electrons. The fraction of sp³-hybridized carbons (Fsp3) is 0.435. The van der Waals surface area contributed by atoms with Gasteiger partial charge in [-0.15, -0.1) is 0 Å². The minimum absolute atomic E-state index is 0.0495. The van der Waals surface area contributed by atoms with Crippen molar-refractivity contribution in [3.63, 3.8) is 0 Å². The van der Waals surface area contributed by atoms with Crippen LogP contribution in [-0.2, 0) is 4.74 Å². The molecule has 4 rings (SSSR count). The van der Waals surface area contributed by atoms with E-state index in [4.69, 9.17) is 9.84 Å². The molecule has 0 bridgehead atoms. The molecule has 0 aliphatic heterocycles. The second-order valence-electron chi connectivity index (χ2n) is 14.7. The molecule has 280 valence electrons. The second-order valence-corrected chi connectivity index (χ2v) is 14.7. The highest BCUT2D eigenvalue weighted by molar-refractivity contribution is 6.11. The highest BCUT2D eigenvalue weighted by atomic mass is 16.5. The molecule has 52 heavy (non-hydrogen) atoms. The van der Waals surface area contributed by atoms with E-state index in [1.807, 2.05) is 42.5 Å². The van der Waals surface area contributed by atoms with Gasteiger partial charge < -0.3 is 20.1 Å². The molecule has 0 amide bonds. The largest absolute Gasteiger partial charge is 0.504 e. The van der Waals surface area contributed by atoms with Crippen LogP contribution in [0.25, 0.3) is 0 Å². The molecule has 3 atom stereocenters. The Hall–Kier alpha value is -4.42. The van der Waals surface area contributed by atoms with E-state index >= 15 is 0 Å². The van der Waals surface area contributed by atoms with E-state index in [0.29, 0.717) is 12.2 Å². The van der Waals surface area contributed by atoms with Crippen molar-refractivity contribution in [1.82, 2.24) is 0 Å². The molecule has 1 aliphatic rings. The first-order valence-corrected chi connectivity index (χ1v) is 19.0. The third-order valence-electron chi connectivity index (χ3n) is 9.69. The van der Waals surface area contributed by atoms with Gasteiger partial charge in [-0.1, -0.05) is 163 Å². The molecule has 0 heterocycles. The summed E-state index contributed by atoms with van der Waals surface area (Å²) in [5.74, 6) is 0.418. The standard InChI is InChI=1S/C33H50O2.C13H10O4/c1-26(2)14-11-15-27(3)16-12-17-28(4)18-13-19-29(5)24-25-35-32-23-10-9-22-31(32)33(34)30-20-7-6-8-21-30;14-10-7-6-9(12(16)13(10)17)11(15)8-4-2-1-3-5-8/h6-10,20-22,24,26-28,32H,11-19,23,25H2,1-5H3;1-7,14,16-17H/b29-24+;/t27-,28-,32?;/m1./s1. The van der Waals surface area contributed by atoms with Crippen LogP contribution in [0, 0.1) is 17.8 Å². The molecule has 0 saturated heterocycles. The minimum atomic E-state index is -0.688. The first-order chi connectivity index (χ1) is 25.0. The van der Waals surface area contributed by atoms with Crippen molar-refractivity contribution in [2.24, 2.45) is 17.8 Å². The average molecular weight is 709 g/mol. The Balaban J connectivity index is 0.000000355. The van der Waals surface area contributed by atoms with Gasteiger partial charge in [0, 0.05) is 16.7 Å². The number of hydrogen-bond acceptors (Lipinski definition) is 6. The van der Waals surface area contributed by atoms with Gasteiger partial charge in [-0.05, 0) is 56.1 Å². The number of hydrogen-bond donors (Lipinski definition) is 3. The fourth-order valence-electron chi connectivity index (χ4n) is 6.36. The van der Waals surface area contributed by atoms with Gasteiger partial charge in [0.15, 0.2) is 23.1 Å². The molecule has 0 saturated carbocycles. The SMILES string of the molecule is C/C(=C\COC1CC=CC=C1C(=O)c1ccccc1)CCC[C@H](C)CCC[C@H](C)CCCC(C)C.O=C(c1ccccc1)c1ccc(O)c(O)c1O. The zero-order valence-corrected chi connectivity index (χ0v) is 31.9. The lowest BCUT2D eigenvalue weighted by Crippen LogP contribution is -2.23. The van der Waals surface area contributed by atoms with E-state index in [1.54, 1.807) is 30.3 Å². The van der Waals surface area contributed by atoms with Gasteiger partial charge in [-0.2, -0.15) is 0 Å². The number of benzene rings is 3. The number of carbonyl (C=O) groups excluding carboxylic acids is 2. The van der Waals surface area contributed by atoms with E-state index in [1.165, 1.54) is 63.0 Å². The Morgan fingerprint density at radius 3 is 1.88 bits per heavy atom. The van der Waals surface area contributed by atoms with Crippen molar-refractivity contribution in [1.29, 1.82) is 0 Å². The second kappa shape index (κ2) is 22.5. The van der Waals surface area contributed by atoms with Crippen LogP contribution in [0.1, 0.15) is 125 Å². The number of ketones is 2. The molecule has 3 aromatic carbocycles. The van der Waals surface area contributed by atoms with Crippen molar-refractivity contribution in [2.75, 3.05) is 6.61 Å². The van der Waals surface area contributed by atoms with Crippen LogP contribution in [0.2, 0.25) is 0 Å². The highest BCUT2D eigenvalue weighted by Crippen LogP contribution is 2.37. The predicted octanol–water partition coefficient (Wildman–Crippen LogP) is 11.6. The molecule has 0 spiro atoms. The summed E-state index contributed by atoms with van der Waals surface area (Å²) in [6.07, 6.45) is 20.7. The van der Waals surface area contributed by atoms with Crippen LogP contribution in [0.5, 0.6) is 17.2 Å². The predicted molar refractivity (Wildman–Crippen MR) is 212 cm³/mol. The first kappa shape index (κ1) is 42.0. The van der Waals surface area contributed by atoms with Gasteiger partial charge in [0.05, 0.1) is 18.3 Å². The molecular weight excluding hydrogens is 649 g/mol. The lowest BCUT2D eigenvalue weighted by molar-refractivity contribution is 0.0833. The maximum Gasteiger partial charge on any atom is 0.201 e. The minimum Gasteiger partial charge on any atom is -0.504 e. The third kappa shape index (κ3) is 14.3. The first-order valence-electron chi connectivity index (χ1n) is 19.0. The molecule has 6 heteroatoms. The molecule has 0 fully saturated rings. The number of carbonyl (C=O) groups is 2. The number of aromatic hydroxyl groups is 3. The molecule has 3 aromatic rings. The normalized spacial score (nSPS) is 15.4. The number of allylic oxidation sites excluding steroid dienone is 3. The van der Waals surface area contributed by atoms with Gasteiger partial charge in [-0.3, -0.25) is 9.59 Å². The molecule has 1 unspecified atom stereocenters. The summed E-state index contributed by atoms with van der Waals surface area (Å²) in [7, 11) is 0. The van der Waals surface area contributed by atoms with E-state index < -0.39 is 23.0 Å². The van der Waals surface area contributed by atoms with Crippen LogP contribution >= 0.6 is 0 Å². The van der Waals surface area contributed by atoms with Gasteiger partial charge in [-0.25, -0.2) is 0 Å². The Bertz CT molecular complexity index is 1620. The van der Waals surface area contributed by atoms with Gasteiger partial charge in [0.25, 0.3) is 0 Å². The van der Waals surface area contributed by atoms with Gasteiger partial charge >= 0.3 is 0 Å². The Labute approximate surface area is 312 Å².